The van der Waals surface area contributed by atoms with E-state index in [1.54, 1.807) is 18.7 Å². The molecule has 0 atom stereocenters. The fraction of sp³-hybridized carbons (Fsp3) is 0.200. The smallest absolute Gasteiger partial charge is 0.185 e. The highest BCUT2D eigenvalue weighted by Gasteiger charge is 2.06. The van der Waals surface area contributed by atoms with E-state index in [0.29, 0.717) is 5.82 Å². The van der Waals surface area contributed by atoms with Crippen LogP contribution >= 0.6 is 0 Å². The maximum absolute atomic E-state index is 10.6. The molecule has 14 heavy (non-hydrogen) atoms. The van der Waals surface area contributed by atoms with Gasteiger partial charge in [-0.15, -0.1) is 0 Å². The van der Waals surface area contributed by atoms with Gasteiger partial charge in [-0.3, -0.25) is 4.79 Å². The maximum atomic E-state index is 10.6. The molecule has 2 rings (SSSR count). The molecule has 0 radical (unpaired) electrons. The molecule has 0 unspecified atom stereocenters. The third-order valence-corrected chi connectivity index (χ3v) is 2.23. The lowest BCUT2D eigenvalue weighted by molar-refractivity contribution is 0.111. The van der Waals surface area contributed by atoms with Crippen molar-refractivity contribution in [3.63, 3.8) is 0 Å². The van der Waals surface area contributed by atoms with Crippen LogP contribution in [0.1, 0.15) is 10.6 Å². The number of aryl methyl sites for hydroxylation is 1. The van der Waals surface area contributed by atoms with Crippen LogP contribution in [-0.4, -0.2) is 22.9 Å². The molecule has 0 aliphatic rings. The first-order valence-electron chi connectivity index (χ1n) is 4.22. The summed E-state index contributed by atoms with van der Waals surface area (Å²) < 4.78 is 6.83. The molecule has 4 heteroatoms. The molecule has 72 valence electrons. The lowest BCUT2D eigenvalue weighted by Crippen LogP contribution is -1.94. The van der Waals surface area contributed by atoms with E-state index >= 15 is 0 Å². The van der Waals surface area contributed by atoms with Crippen LogP contribution in [0.4, 0.5) is 0 Å². The second-order valence-corrected chi connectivity index (χ2v) is 3.00. The topological polar surface area (TPSA) is 44.1 Å². The number of methoxy groups -OCH3 is 1. The van der Waals surface area contributed by atoms with Gasteiger partial charge in [-0.1, -0.05) is 0 Å². The molecule has 1 aromatic heterocycles. The average Bonchev–Trinajstić information content (AvgIpc) is 2.55. The lowest BCUT2D eigenvalue weighted by atomic mass is 10.3. The van der Waals surface area contributed by atoms with E-state index in [-0.39, 0.29) is 0 Å². The molecular formula is C10H10N2O2. The van der Waals surface area contributed by atoms with Gasteiger partial charge in [-0.25, -0.2) is 4.98 Å². The van der Waals surface area contributed by atoms with Gasteiger partial charge in [0.2, 0.25) is 0 Å². The Morgan fingerprint density at radius 1 is 1.50 bits per heavy atom. The van der Waals surface area contributed by atoms with E-state index < -0.39 is 0 Å². The van der Waals surface area contributed by atoms with Crippen molar-refractivity contribution in [1.29, 1.82) is 0 Å². The summed E-state index contributed by atoms with van der Waals surface area (Å²) in [6, 6.07) is 5.51. The summed E-state index contributed by atoms with van der Waals surface area (Å²) in [7, 11) is 3.41. The highest BCUT2D eigenvalue weighted by molar-refractivity contribution is 5.83. The number of carbonyl (C=O) groups is 1. The van der Waals surface area contributed by atoms with Crippen molar-refractivity contribution in [3.8, 4) is 5.75 Å². The number of aldehydes is 1. The molecule has 1 heterocycles. The van der Waals surface area contributed by atoms with Gasteiger partial charge in [-0.05, 0) is 12.1 Å². The summed E-state index contributed by atoms with van der Waals surface area (Å²) in [4.78, 5) is 14.8. The Hall–Kier alpha value is -1.84. The Kier molecular flexibility index (Phi) is 1.96. The third kappa shape index (κ3) is 1.16. The quantitative estimate of drug-likeness (QED) is 0.672. The van der Waals surface area contributed by atoms with Gasteiger partial charge in [0.05, 0.1) is 18.1 Å². The van der Waals surface area contributed by atoms with E-state index in [0.717, 1.165) is 23.1 Å². The molecule has 0 N–H and O–H groups in total. The van der Waals surface area contributed by atoms with Crippen molar-refractivity contribution in [1.82, 2.24) is 9.55 Å². The molecule has 0 amide bonds. The number of rotatable bonds is 2. The number of aromatic nitrogens is 2. The first kappa shape index (κ1) is 8.74. The Labute approximate surface area is 81.1 Å². The van der Waals surface area contributed by atoms with Crippen LogP contribution in [0.2, 0.25) is 0 Å². The fourth-order valence-electron chi connectivity index (χ4n) is 1.42. The number of nitrogens with zero attached hydrogens (tertiary/aromatic N) is 2. The van der Waals surface area contributed by atoms with Gasteiger partial charge in [0.1, 0.15) is 5.75 Å². The van der Waals surface area contributed by atoms with Gasteiger partial charge >= 0.3 is 0 Å². The summed E-state index contributed by atoms with van der Waals surface area (Å²) in [5.74, 6) is 1.19. The Bertz CT molecular complexity index is 488. The van der Waals surface area contributed by atoms with Crippen LogP contribution < -0.4 is 4.74 Å². The van der Waals surface area contributed by atoms with Gasteiger partial charge in [-0.2, -0.15) is 0 Å². The minimum atomic E-state index is 0.424. The number of hydrogen-bond donors (Lipinski definition) is 0. The largest absolute Gasteiger partial charge is 0.497 e. The van der Waals surface area contributed by atoms with E-state index in [4.69, 9.17) is 4.74 Å². The molecule has 0 saturated heterocycles. The first-order chi connectivity index (χ1) is 6.76. The van der Waals surface area contributed by atoms with Crippen molar-refractivity contribution < 1.29 is 9.53 Å². The van der Waals surface area contributed by atoms with E-state index in [9.17, 15) is 4.79 Å². The van der Waals surface area contributed by atoms with Crippen LogP contribution in [0.3, 0.4) is 0 Å². The number of carbonyl (C=O) groups excluding carboxylic acids is 1. The average molecular weight is 190 g/mol. The standard InChI is InChI=1S/C10H10N2O2/c1-12-9-5-7(14-2)3-4-8(9)11-10(12)6-13/h3-6H,1-2H3. The van der Waals surface area contributed by atoms with Crippen LogP contribution in [0.15, 0.2) is 18.2 Å². The molecule has 0 aliphatic heterocycles. The van der Waals surface area contributed by atoms with Gasteiger partial charge in [0, 0.05) is 13.1 Å². The van der Waals surface area contributed by atoms with Crippen molar-refractivity contribution in [2.45, 2.75) is 0 Å². The Balaban J connectivity index is 2.74. The number of fused-ring (bicyclic) bond motifs is 1. The number of ether oxygens (including phenoxy) is 1. The summed E-state index contributed by atoms with van der Waals surface area (Å²) in [5, 5.41) is 0. The summed E-state index contributed by atoms with van der Waals surface area (Å²) in [6.45, 7) is 0. The molecule has 4 nitrogen and oxygen atoms in total. The van der Waals surface area contributed by atoms with E-state index in [1.165, 1.54) is 0 Å². The molecule has 0 aliphatic carbocycles. The second-order valence-electron chi connectivity index (χ2n) is 3.00. The van der Waals surface area contributed by atoms with E-state index in [1.807, 2.05) is 18.2 Å². The monoisotopic (exact) mass is 190 g/mol. The zero-order chi connectivity index (χ0) is 10.1. The van der Waals surface area contributed by atoms with Crippen LogP contribution in [0.25, 0.3) is 11.0 Å². The summed E-state index contributed by atoms with van der Waals surface area (Å²) in [5.41, 5.74) is 1.70. The van der Waals surface area contributed by atoms with E-state index in [2.05, 4.69) is 4.98 Å². The second kappa shape index (κ2) is 3.14. The van der Waals surface area contributed by atoms with Crippen LogP contribution in [-0.2, 0) is 7.05 Å². The highest BCUT2D eigenvalue weighted by atomic mass is 16.5. The third-order valence-electron chi connectivity index (χ3n) is 2.23. The van der Waals surface area contributed by atoms with Gasteiger partial charge in [0.25, 0.3) is 0 Å². The summed E-state index contributed by atoms with van der Waals surface area (Å²) >= 11 is 0. The Morgan fingerprint density at radius 3 is 2.93 bits per heavy atom. The van der Waals surface area contributed by atoms with Gasteiger partial charge in [0.15, 0.2) is 12.1 Å². The zero-order valence-corrected chi connectivity index (χ0v) is 8.02. The number of benzene rings is 1. The minimum Gasteiger partial charge on any atom is -0.497 e. The Morgan fingerprint density at radius 2 is 2.29 bits per heavy atom. The number of hydrogen-bond acceptors (Lipinski definition) is 3. The van der Waals surface area contributed by atoms with Crippen molar-refractivity contribution in [3.05, 3.63) is 24.0 Å². The minimum absolute atomic E-state index is 0.424. The normalized spacial score (nSPS) is 10.4. The highest BCUT2D eigenvalue weighted by Crippen LogP contribution is 2.20. The van der Waals surface area contributed by atoms with Crippen molar-refractivity contribution in [2.75, 3.05) is 7.11 Å². The van der Waals surface area contributed by atoms with Crippen LogP contribution in [0, 0.1) is 0 Å². The predicted molar refractivity (Wildman–Crippen MR) is 52.7 cm³/mol. The summed E-state index contributed by atoms with van der Waals surface area (Å²) in [6.07, 6.45) is 0.743. The van der Waals surface area contributed by atoms with Crippen LogP contribution in [0.5, 0.6) is 5.75 Å². The predicted octanol–water partition coefficient (Wildman–Crippen LogP) is 1.39. The van der Waals surface area contributed by atoms with Crippen molar-refractivity contribution >= 4 is 17.3 Å². The first-order valence-corrected chi connectivity index (χ1v) is 4.22. The molecule has 2 aromatic rings. The van der Waals surface area contributed by atoms with Crippen molar-refractivity contribution in [2.24, 2.45) is 7.05 Å². The lowest BCUT2D eigenvalue weighted by Gasteiger charge is -1.99. The molecule has 0 fully saturated rings. The molecule has 0 spiro atoms. The SMILES string of the molecule is COc1ccc2nc(C=O)n(C)c2c1. The molecule has 0 saturated carbocycles. The molecule has 1 aromatic carbocycles. The zero-order valence-electron chi connectivity index (χ0n) is 8.02. The molecular weight excluding hydrogens is 180 g/mol. The molecule has 0 bridgehead atoms. The fourth-order valence-corrected chi connectivity index (χ4v) is 1.42. The van der Waals surface area contributed by atoms with Gasteiger partial charge < -0.3 is 9.30 Å². The number of imidazole rings is 1. The maximum Gasteiger partial charge on any atom is 0.185 e.